The highest BCUT2D eigenvalue weighted by atomic mass is 32.1. The van der Waals surface area contributed by atoms with Gasteiger partial charge in [-0.3, -0.25) is 0 Å². The lowest BCUT2D eigenvalue weighted by Gasteiger charge is -2.46. The zero-order valence-electron chi connectivity index (χ0n) is 23.7. The number of hydrogen-bond acceptors (Lipinski definition) is 2. The standard InChI is InChI=1S/C16H24N2S.C12H14.2C2H6/c1-13(19)18(11-14-7-5-4-6-8-14)15-9-10-17-12-16(15,2)3;1-2-10-7-5-8-11-6-3-4-9-12(10)11;2*1-2/h4-8,15,17H,9-12H2,1-3H3;4-5,7-9H,2-3,6H2,1H3;2*1-2H3. The van der Waals surface area contributed by atoms with Gasteiger partial charge in [0.25, 0.3) is 0 Å². The fraction of sp³-hybridized carbons (Fsp3) is 0.531. The van der Waals surface area contributed by atoms with Crippen LogP contribution < -0.4 is 5.32 Å². The molecule has 1 aliphatic carbocycles. The quantitative estimate of drug-likeness (QED) is 0.429. The number of nitrogens with one attached hydrogen (secondary N) is 1. The van der Waals surface area contributed by atoms with Crippen molar-refractivity contribution in [2.24, 2.45) is 5.41 Å². The molecule has 0 radical (unpaired) electrons. The first-order valence-electron chi connectivity index (χ1n) is 13.7. The highest BCUT2D eigenvalue weighted by Gasteiger charge is 2.36. The Labute approximate surface area is 222 Å². The third-order valence-corrected chi connectivity index (χ3v) is 6.82. The minimum atomic E-state index is 0.257. The lowest BCUT2D eigenvalue weighted by atomic mass is 9.79. The minimum Gasteiger partial charge on any atom is -0.358 e. The third kappa shape index (κ3) is 9.54. The summed E-state index contributed by atoms with van der Waals surface area (Å²) in [4.78, 5) is 3.41. The molecule has 1 heterocycles. The molecule has 4 rings (SSSR count). The fourth-order valence-corrected chi connectivity index (χ4v) is 5.00. The molecule has 0 bridgehead atoms. The molecule has 1 fully saturated rings. The lowest BCUT2D eigenvalue weighted by Crippen LogP contribution is -2.55. The van der Waals surface area contributed by atoms with E-state index < -0.39 is 0 Å². The maximum atomic E-state index is 5.51. The van der Waals surface area contributed by atoms with Crippen LogP contribution in [0.25, 0.3) is 6.08 Å². The van der Waals surface area contributed by atoms with E-state index >= 15 is 0 Å². The summed E-state index contributed by atoms with van der Waals surface area (Å²) in [6, 6.07) is 17.8. The molecule has 2 aromatic carbocycles. The number of piperidine rings is 1. The van der Waals surface area contributed by atoms with E-state index in [-0.39, 0.29) is 5.41 Å². The summed E-state index contributed by atoms with van der Waals surface area (Å²) in [5.41, 5.74) is 6.08. The Hall–Kier alpha value is -1.97. The zero-order valence-corrected chi connectivity index (χ0v) is 24.5. The Kier molecular flexibility index (Phi) is 14.8. The van der Waals surface area contributed by atoms with Crippen molar-refractivity contribution in [3.63, 3.8) is 0 Å². The number of thiocarbonyl (C=S) groups is 1. The molecule has 1 atom stereocenters. The number of nitrogens with zero attached hydrogens (tertiary/aromatic N) is 1. The number of rotatable bonds is 4. The summed E-state index contributed by atoms with van der Waals surface area (Å²) >= 11 is 5.51. The first-order chi connectivity index (χ1) is 16.9. The van der Waals surface area contributed by atoms with Crippen LogP contribution in [0.1, 0.15) is 90.5 Å². The van der Waals surface area contributed by atoms with Crippen molar-refractivity contribution in [1.82, 2.24) is 10.2 Å². The molecule has 0 spiro atoms. The molecule has 0 amide bonds. The topological polar surface area (TPSA) is 15.3 Å². The number of hydrogen-bond donors (Lipinski definition) is 1. The Morgan fingerprint density at radius 3 is 2.31 bits per heavy atom. The minimum absolute atomic E-state index is 0.257. The molecule has 1 saturated heterocycles. The highest BCUT2D eigenvalue weighted by molar-refractivity contribution is 7.80. The average Bonchev–Trinajstić information content (AvgIpc) is 2.90. The van der Waals surface area contributed by atoms with Gasteiger partial charge in [-0.15, -0.1) is 0 Å². The summed E-state index contributed by atoms with van der Waals surface area (Å²) in [6.45, 7) is 20.0. The molecule has 2 aromatic rings. The van der Waals surface area contributed by atoms with Gasteiger partial charge in [0.05, 0.1) is 4.99 Å². The first-order valence-corrected chi connectivity index (χ1v) is 14.1. The maximum Gasteiger partial charge on any atom is 0.0753 e. The van der Waals surface area contributed by atoms with E-state index in [2.05, 4.69) is 98.6 Å². The fourth-order valence-electron chi connectivity index (χ4n) is 4.80. The van der Waals surface area contributed by atoms with E-state index in [1.807, 2.05) is 27.7 Å². The van der Waals surface area contributed by atoms with E-state index in [1.54, 1.807) is 0 Å². The third-order valence-electron chi connectivity index (χ3n) is 6.59. The summed E-state index contributed by atoms with van der Waals surface area (Å²) in [5, 5.41) is 3.49. The van der Waals surface area contributed by atoms with Crippen molar-refractivity contribution < 1.29 is 0 Å². The van der Waals surface area contributed by atoms with Gasteiger partial charge in [0.15, 0.2) is 0 Å². The van der Waals surface area contributed by atoms with E-state index in [0.29, 0.717) is 6.04 Å². The summed E-state index contributed by atoms with van der Waals surface area (Å²) < 4.78 is 0. The molecule has 1 N–H and O–H groups in total. The Balaban J connectivity index is 0.000000328. The smallest absolute Gasteiger partial charge is 0.0753 e. The van der Waals surface area contributed by atoms with Gasteiger partial charge in [0.1, 0.15) is 0 Å². The van der Waals surface area contributed by atoms with Crippen LogP contribution in [0, 0.1) is 5.41 Å². The van der Waals surface area contributed by atoms with Gasteiger partial charge in [-0.25, -0.2) is 0 Å². The van der Waals surface area contributed by atoms with Crippen molar-refractivity contribution >= 4 is 23.3 Å². The normalized spacial score (nSPS) is 17.2. The molecule has 2 aliphatic rings. The Bertz CT molecular complexity index is 886. The second-order valence-corrected chi connectivity index (χ2v) is 9.98. The molecule has 35 heavy (non-hydrogen) atoms. The zero-order chi connectivity index (χ0) is 26.3. The summed E-state index contributed by atoms with van der Waals surface area (Å²) in [6.07, 6.45) is 9.29. The van der Waals surface area contributed by atoms with Crippen LogP contribution in [0.4, 0.5) is 0 Å². The molecule has 0 aromatic heterocycles. The number of benzene rings is 2. The van der Waals surface area contributed by atoms with Gasteiger partial charge in [-0.2, -0.15) is 0 Å². The van der Waals surface area contributed by atoms with Crippen LogP contribution in [0.2, 0.25) is 0 Å². The van der Waals surface area contributed by atoms with Crippen LogP contribution in [-0.2, 0) is 19.4 Å². The molecule has 3 heteroatoms. The predicted molar refractivity (Wildman–Crippen MR) is 161 cm³/mol. The van der Waals surface area contributed by atoms with Gasteiger partial charge in [-0.05, 0) is 66.8 Å². The molecular formula is C32H50N2S. The average molecular weight is 495 g/mol. The van der Waals surface area contributed by atoms with Crippen LogP contribution in [0.3, 0.4) is 0 Å². The van der Waals surface area contributed by atoms with Crippen molar-refractivity contribution in [1.29, 1.82) is 0 Å². The van der Waals surface area contributed by atoms with Gasteiger partial charge >= 0.3 is 0 Å². The van der Waals surface area contributed by atoms with Crippen LogP contribution in [0.5, 0.6) is 0 Å². The number of aryl methyl sites for hydroxylation is 2. The van der Waals surface area contributed by atoms with Crippen LogP contribution in [0.15, 0.2) is 54.6 Å². The van der Waals surface area contributed by atoms with Crippen molar-refractivity contribution in [2.75, 3.05) is 13.1 Å². The number of allylic oxidation sites excluding steroid dienone is 1. The molecular weight excluding hydrogens is 444 g/mol. The van der Waals surface area contributed by atoms with Crippen LogP contribution in [-0.4, -0.2) is 29.0 Å². The van der Waals surface area contributed by atoms with Crippen molar-refractivity contribution in [3.05, 3.63) is 76.9 Å². The van der Waals surface area contributed by atoms with Gasteiger partial charge in [0, 0.05) is 19.1 Å². The largest absolute Gasteiger partial charge is 0.358 e. The monoisotopic (exact) mass is 494 g/mol. The predicted octanol–water partition coefficient (Wildman–Crippen LogP) is 8.48. The Morgan fingerprint density at radius 2 is 1.71 bits per heavy atom. The molecule has 1 aliphatic heterocycles. The molecule has 1 unspecified atom stereocenters. The molecule has 194 valence electrons. The van der Waals surface area contributed by atoms with Gasteiger partial charge in [0.2, 0.25) is 0 Å². The second-order valence-electron chi connectivity index (χ2n) is 9.39. The van der Waals surface area contributed by atoms with E-state index in [9.17, 15) is 0 Å². The Morgan fingerprint density at radius 1 is 1.03 bits per heavy atom. The molecule has 2 nitrogen and oxygen atoms in total. The summed E-state index contributed by atoms with van der Waals surface area (Å²) in [7, 11) is 0. The van der Waals surface area contributed by atoms with Crippen LogP contribution >= 0.6 is 12.2 Å². The summed E-state index contributed by atoms with van der Waals surface area (Å²) in [5.74, 6) is 0. The van der Waals surface area contributed by atoms with Gasteiger partial charge in [-0.1, -0.05) is 121 Å². The van der Waals surface area contributed by atoms with E-state index in [1.165, 1.54) is 35.1 Å². The SMILES string of the molecule is CC.CC.CC(=S)N(Cc1ccccc1)C1CCNCC1(C)C.CCc1cccc2c1C=CCC2. The van der Waals surface area contributed by atoms with E-state index in [0.717, 1.165) is 37.5 Å². The maximum absolute atomic E-state index is 5.51. The van der Waals surface area contributed by atoms with E-state index in [4.69, 9.17) is 12.2 Å². The lowest BCUT2D eigenvalue weighted by molar-refractivity contribution is 0.108. The first kappa shape index (κ1) is 31.1. The van der Waals surface area contributed by atoms with Gasteiger partial charge < -0.3 is 10.2 Å². The second kappa shape index (κ2) is 16.7. The molecule has 0 saturated carbocycles. The highest BCUT2D eigenvalue weighted by Crippen LogP contribution is 2.31. The number of fused-ring (bicyclic) bond motifs is 1. The van der Waals surface area contributed by atoms with Crippen molar-refractivity contribution in [3.8, 4) is 0 Å². The van der Waals surface area contributed by atoms with Crippen molar-refractivity contribution in [2.45, 2.75) is 93.7 Å².